The summed E-state index contributed by atoms with van der Waals surface area (Å²) in [7, 11) is 1.60. The molecule has 0 aliphatic carbocycles. The van der Waals surface area contributed by atoms with Gasteiger partial charge in [-0.2, -0.15) is 0 Å². The summed E-state index contributed by atoms with van der Waals surface area (Å²) >= 11 is 0. The first kappa shape index (κ1) is 21.4. The van der Waals surface area contributed by atoms with Gasteiger partial charge in [-0.15, -0.1) is 0 Å². The molecule has 0 aromatic heterocycles. The number of hydrogen-bond acceptors (Lipinski definition) is 4. The van der Waals surface area contributed by atoms with Crippen molar-refractivity contribution in [3.05, 3.63) is 65.7 Å². The molecule has 2 amide bonds. The topological polar surface area (TPSA) is 67.9 Å². The summed E-state index contributed by atoms with van der Waals surface area (Å²) in [6.45, 7) is 7.43. The van der Waals surface area contributed by atoms with Crippen LogP contribution in [-0.4, -0.2) is 37.0 Å². The van der Waals surface area contributed by atoms with Crippen LogP contribution in [0.4, 0.5) is 0 Å². The normalized spacial score (nSPS) is 12.7. The Kier molecular flexibility index (Phi) is 7.12. The number of rotatable bonds is 10. The summed E-state index contributed by atoms with van der Waals surface area (Å²) in [5, 5.41) is 2.89. The molecule has 0 saturated carbocycles. The largest absolute Gasteiger partial charge is 0.493 e. The van der Waals surface area contributed by atoms with E-state index < -0.39 is 0 Å². The standard InChI is InChI=1S/C24H28N2O4/c1-4-5-14-30-21-11-10-18(15-22(21)29-3)16-25-23(27)12-13-26-17(2)19-8-6-7-9-20(19)24(26)28/h6-11,15H,2,4-5,12-14,16H2,1,3H3,(H,25,27). The Morgan fingerprint density at radius 3 is 2.60 bits per heavy atom. The molecule has 1 aliphatic rings. The minimum absolute atomic E-state index is 0.105. The lowest BCUT2D eigenvalue weighted by atomic mass is 10.1. The number of ether oxygens (including phenoxy) is 2. The molecule has 0 saturated heterocycles. The molecule has 158 valence electrons. The van der Waals surface area contributed by atoms with Crippen molar-refractivity contribution >= 4 is 17.5 Å². The number of nitrogens with one attached hydrogen (secondary N) is 1. The number of benzene rings is 2. The number of unbranched alkanes of at least 4 members (excludes halogenated alkanes) is 1. The van der Waals surface area contributed by atoms with Crippen molar-refractivity contribution in [1.29, 1.82) is 0 Å². The molecule has 6 nitrogen and oxygen atoms in total. The maximum atomic E-state index is 12.5. The van der Waals surface area contributed by atoms with Crippen molar-refractivity contribution in [3.63, 3.8) is 0 Å². The Balaban J connectivity index is 1.50. The molecule has 0 fully saturated rings. The van der Waals surface area contributed by atoms with Crippen LogP contribution in [0.1, 0.15) is 47.7 Å². The first-order valence-electron chi connectivity index (χ1n) is 10.2. The Labute approximate surface area is 177 Å². The number of carbonyl (C=O) groups excluding carboxylic acids is 2. The van der Waals surface area contributed by atoms with Crippen molar-refractivity contribution < 1.29 is 19.1 Å². The van der Waals surface area contributed by atoms with E-state index in [0.29, 0.717) is 42.5 Å². The molecule has 0 unspecified atom stereocenters. The van der Waals surface area contributed by atoms with Crippen molar-refractivity contribution in [3.8, 4) is 11.5 Å². The van der Waals surface area contributed by atoms with Gasteiger partial charge in [-0.3, -0.25) is 9.59 Å². The first-order chi connectivity index (χ1) is 14.5. The van der Waals surface area contributed by atoms with Gasteiger partial charge in [0, 0.05) is 36.3 Å². The zero-order valence-electron chi connectivity index (χ0n) is 17.6. The number of hydrogen-bond donors (Lipinski definition) is 1. The quantitative estimate of drug-likeness (QED) is 0.603. The maximum absolute atomic E-state index is 12.5. The third kappa shape index (κ3) is 4.82. The Morgan fingerprint density at radius 2 is 1.90 bits per heavy atom. The third-order valence-electron chi connectivity index (χ3n) is 5.07. The van der Waals surface area contributed by atoms with Crippen molar-refractivity contribution in [2.75, 3.05) is 20.3 Å². The highest BCUT2D eigenvalue weighted by Gasteiger charge is 2.30. The molecule has 0 bridgehead atoms. The van der Waals surface area contributed by atoms with E-state index in [2.05, 4.69) is 18.8 Å². The highest BCUT2D eigenvalue weighted by atomic mass is 16.5. The van der Waals surface area contributed by atoms with Crippen LogP contribution in [-0.2, 0) is 11.3 Å². The monoisotopic (exact) mass is 408 g/mol. The summed E-state index contributed by atoms with van der Waals surface area (Å²) in [5.74, 6) is 1.11. The van der Waals surface area contributed by atoms with E-state index in [-0.39, 0.29) is 18.2 Å². The van der Waals surface area contributed by atoms with Crippen molar-refractivity contribution in [2.45, 2.75) is 32.7 Å². The van der Waals surface area contributed by atoms with E-state index in [1.54, 1.807) is 18.1 Å². The van der Waals surface area contributed by atoms with Gasteiger partial charge in [0.05, 0.1) is 13.7 Å². The minimum atomic E-state index is -0.131. The maximum Gasteiger partial charge on any atom is 0.258 e. The fourth-order valence-corrected chi connectivity index (χ4v) is 3.34. The molecule has 2 aromatic carbocycles. The van der Waals surface area contributed by atoms with Gasteiger partial charge in [0.2, 0.25) is 5.91 Å². The summed E-state index contributed by atoms with van der Waals surface area (Å²) < 4.78 is 11.1. The lowest BCUT2D eigenvalue weighted by molar-refractivity contribution is -0.121. The van der Waals surface area contributed by atoms with Crippen LogP contribution >= 0.6 is 0 Å². The minimum Gasteiger partial charge on any atom is -0.493 e. The van der Waals surface area contributed by atoms with Gasteiger partial charge in [0.15, 0.2) is 11.5 Å². The number of amides is 2. The second-order valence-corrected chi connectivity index (χ2v) is 7.16. The van der Waals surface area contributed by atoms with Crippen LogP contribution in [0.25, 0.3) is 5.70 Å². The smallest absolute Gasteiger partial charge is 0.258 e. The summed E-state index contributed by atoms with van der Waals surface area (Å²) in [6.07, 6.45) is 2.25. The first-order valence-corrected chi connectivity index (χ1v) is 10.2. The van der Waals surface area contributed by atoms with Gasteiger partial charge >= 0.3 is 0 Å². The van der Waals surface area contributed by atoms with Gasteiger partial charge < -0.3 is 19.7 Å². The molecule has 0 atom stereocenters. The summed E-state index contributed by atoms with van der Waals surface area (Å²) in [6, 6.07) is 13.0. The molecule has 1 aliphatic heterocycles. The Bertz CT molecular complexity index is 904. The molecule has 1 heterocycles. The van der Waals surface area contributed by atoms with Crippen LogP contribution in [0, 0.1) is 0 Å². The molecule has 1 N–H and O–H groups in total. The number of carbonyl (C=O) groups is 2. The van der Waals surface area contributed by atoms with Gasteiger partial charge in [-0.05, 0) is 30.2 Å². The lowest BCUT2D eigenvalue weighted by Gasteiger charge is -2.17. The number of methoxy groups -OCH3 is 1. The molecule has 0 radical (unpaired) electrons. The molecule has 3 rings (SSSR count). The highest BCUT2D eigenvalue weighted by molar-refractivity contribution is 6.08. The molecule has 6 heteroatoms. The van der Waals surface area contributed by atoms with Crippen molar-refractivity contribution in [2.24, 2.45) is 0 Å². The van der Waals surface area contributed by atoms with E-state index in [0.717, 1.165) is 24.0 Å². The highest BCUT2D eigenvalue weighted by Crippen LogP contribution is 2.31. The van der Waals surface area contributed by atoms with E-state index in [9.17, 15) is 9.59 Å². The molecule has 30 heavy (non-hydrogen) atoms. The van der Waals surface area contributed by atoms with E-state index in [4.69, 9.17) is 9.47 Å². The van der Waals surface area contributed by atoms with Crippen LogP contribution in [0.5, 0.6) is 11.5 Å². The fourth-order valence-electron chi connectivity index (χ4n) is 3.34. The predicted molar refractivity (Wildman–Crippen MR) is 116 cm³/mol. The average molecular weight is 408 g/mol. The fraction of sp³-hybridized carbons (Fsp3) is 0.333. The van der Waals surface area contributed by atoms with Crippen LogP contribution in [0.2, 0.25) is 0 Å². The number of fused-ring (bicyclic) bond motifs is 1. The molecular formula is C24H28N2O4. The second kappa shape index (κ2) is 9.96. The Hall–Kier alpha value is -3.28. The van der Waals surface area contributed by atoms with E-state index >= 15 is 0 Å². The Morgan fingerprint density at radius 1 is 1.13 bits per heavy atom. The lowest BCUT2D eigenvalue weighted by Crippen LogP contribution is -2.30. The summed E-state index contributed by atoms with van der Waals surface area (Å²) in [4.78, 5) is 26.4. The van der Waals surface area contributed by atoms with Gasteiger partial charge in [0.25, 0.3) is 5.91 Å². The predicted octanol–water partition coefficient (Wildman–Crippen LogP) is 4.01. The van der Waals surface area contributed by atoms with Crippen LogP contribution in [0.3, 0.4) is 0 Å². The molecular weight excluding hydrogens is 380 g/mol. The SMILES string of the molecule is C=C1c2ccccc2C(=O)N1CCC(=O)NCc1ccc(OCCCC)c(OC)c1. The summed E-state index contributed by atoms with van der Waals surface area (Å²) in [5.41, 5.74) is 3.02. The van der Waals surface area contributed by atoms with Crippen molar-refractivity contribution in [1.82, 2.24) is 10.2 Å². The van der Waals surface area contributed by atoms with Crippen LogP contribution in [0.15, 0.2) is 49.0 Å². The van der Waals surface area contributed by atoms with Crippen LogP contribution < -0.4 is 14.8 Å². The molecule has 0 spiro atoms. The van der Waals surface area contributed by atoms with E-state index in [1.807, 2.05) is 36.4 Å². The van der Waals surface area contributed by atoms with Gasteiger partial charge in [0.1, 0.15) is 0 Å². The molecule has 2 aromatic rings. The zero-order valence-corrected chi connectivity index (χ0v) is 17.6. The third-order valence-corrected chi connectivity index (χ3v) is 5.07. The second-order valence-electron chi connectivity index (χ2n) is 7.16. The van der Waals surface area contributed by atoms with E-state index in [1.165, 1.54) is 0 Å². The average Bonchev–Trinajstić information content (AvgIpc) is 3.01. The number of nitrogens with zero attached hydrogens (tertiary/aromatic N) is 1. The van der Waals surface area contributed by atoms with Gasteiger partial charge in [-0.1, -0.05) is 44.2 Å². The zero-order chi connectivity index (χ0) is 21.5. The van der Waals surface area contributed by atoms with Gasteiger partial charge in [-0.25, -0.2) is 0 Å².